The van der Waals surface area contributed by atoms with Crippen molar-refractivity contribution in [2.24, 2.45) is 5.73 Å². The van der Waals surface area contributed by atoms with E-state index in [9.17, 15) is 0 Å². The molecule has 0 amide bonds. The zero-order chi connectivity index (χ0) is 15.6. The molecule has 0 saturated heterocycles. The molecule has 0 bridgehead atoms. The second-order valence-corrected chi connectivity index (χ2v) is 6.09. The molecule has 0 radical (unpaired) electrons. The maximum absolute atomic E-state index is 6.48. The minimum atomic E-state index is 0.0557. The molecular weight excluding hydrogens is 280 g/mol. The largest absolute Gasteiger partial charge is 0.377 e. The lowest BCUT2D eigenvalue weighted by Crippen LogP contribution is -2.26. The van der Waals surface area contributed by atoms with E-state index >= 15 is 0 Å². The Bertz CT molecular complexity index is 797. The summed E-state index contributed by atoms with van der Waals surface area (Å²) in [7, 11) is 0. The number of hydrogen-bond donors (Lipinski definition) is 2. The highest BCUT2D eigenvalue weighted by molar-refractivity contribution is 5.81. The van der Waals surface area contributed by atoms with Gasteiger partial charge in [-0.05, 0) is 23.1 Å². The third kappa shape index (κ3) is 2.62. The monoisotopic (exact) mass is 300 g/mol. The molecule has 2 unspecified atom stereocenters. The average Bonchev–Trinajstić information content (AvgIpc) is 2.63. The number of anilines is 1. The fourth-order valence-electron chi connectivity index (χ4n) is 3.42. The number of hydrogen-bond acceptors (Lipinski definition) is 2. The summed E-state index contributed by atoms with van der Waals surface area (Å²) in [6.45, 7) is 0. The van der Waals surface area contributed by atoms with Gasteiger partial charge in [-0.3, -0.25) is 0 Å². The molecule has 2 nitrogen and oxygen atoms in total. The molecule has 1 heterocycles. The van der Waals surface area contributed by atoms with E-state index in [0.29, 0.717) is 0 Å². The van der Waals surface area contributed by atoms with E-state index in [1.165, 1.54) is 27.9 Å². The fourth-order valence-corrected chi connectivity index (χ4v) is 3.42. The lowest BCUT2D eigenvalue weighted by Gasteiger charge is -2.33. The normalized spacial score (nSPS) is 19.7. The summed E-state index contributed by atoms with van der Waals surface area (Å²) >= 11 is 0. The van der Waals surface area contributed by atoms with E-state index in [0.717, 1.165) is 6.42 Å². The predicted molar refractivity (Wildman–Crippen MR) is 96.2 cm³/mol. The molecule has 114 valence electrons. The second-order valence-electron chi connectivity index (χ2n) is 6.09. The molecule has 3 aromatic rings. The Morgan fingerprint density at radius 2 is 1.48 bits per heavy atom. The van der Waals surface area contributed by atoms with E-state index < -0.39 is 0 Å². The topological polar surface area (TPSA) is 38.0 Å². The Balaban J connectivity index is 1.79. The van der Waals surface area contributed by atoms with Crippen LogP contribution in [0.5, 0.6) is 0 Å². The zero-order valence-corrected chi connectivity index (χ0v) is 12.9. The van der Waals surface area contributed by atoms with Crippen molar-refractivity contribution >= 4 is 5.69 Å². The first-order valence-electron chi connectivity index (χ1n) is 8.08. The summed E-state index contributed by atoms with van der Waals surface area (Å²) in [4.78, 5) is 0. The Morgan fingerprint density at radius 1 is 0.783 bits per heavy atom. The van der Waals surface area contributed by atoms with Crippen molar-refractivity contribution in [2.75, 3.05) is 5.32 Å². The molecule has 23 heavy (non-hydrogen) atoms. The molecule has 0 aliphatic carbocycles. The summed E-state index contributed by atoms with van der Waals surface area (Å²) in [6, 6.07) is 27.8. The van der Waals surface area contributed by atoms with Gasteiger partial charge in [0, 0.05) is 17.3 Å². The first kappa shape index (κ1) is 14.0. The molecule has 3 aromatic carbocycles. The van der Waals surface area contributed by atoms with Gasteiger partial charge in [0.15, 0.2) is 0 Å². The third-order valence-electron chi connectivity index (χ3n) is 4.59. The SMILES string of the molecule is NC1CC(c2ccccc2)Nc2c(-c3ccccc3)cccc21. The van der Waals surface area contributed by atoms with Crippen LogP contribution in [0, 0.1) is 0 Å². The number of rotatable bonds is 2. The van der Waals surface area contributed by atoms with Crippen molar-refractivity contribution < 1.29 is 0 Å². The van der Waals surface area contributed by atoms with Gasteiger partial charge in [-0.15, -0.1) is 0 Å². The van der Waals surface area contributed by atoms with Crippen LogP contribution >= 0.6 is 0 Å². The molecule has 3 N–H and O–H groups in total. The van der Waals surface area contributed by atoms with Crippen molar-refractivity contribution in [2.45, 2.75) is 18.5 Å². The summed E-state index contributed by atoms with van der Waals surface area (Å²) < 4.78 is 0. The van der Waals surface area contributed by atoms with Gasteiger partial charge in [0.05, 0.1) is 6.04 Å². The van der Waals surface area contributed by atoms with Crippen LogP contribution in [0.25, 0.3) is 11.1 Å². The first-order valence-corrected chi connectivity index (χ1v) is 8.08. The van der Waals surface area contributed by atoms with Crippen molar-refractivity contribution in [1.82, 2.24) is 0 Å². The van der Waals surface area contributed by atoms with Gasteiger partial charge in [0.25, 0.3) is 0 Å². The van der Waals surface area contributed by atoms with E-state index in [-0.39, 0.29) is 12.1 Å². The third-order valence-corrected chi connectivity index (χ3v) is 4.59. The Morgan fingerprint density at radius 3 is 2.22 bits per heavy atom. The quantitative estimate of drug-likeness (QED) is 0.705. The summed E-state index contributed by atoms with van der Waals surface area (Å²) in [5.41, 5.74) is 12.6. The van der Waals surface area contributed by atoms with Gasteiger partial charge in [-0.2, -0.15) is 0 Å². The molecule has 0 aromatic heterocycles. The summed E-state index contributed by atoms with van der Waals surface area (Å²) in [5.74, 6) is 0. The highest BCUT2D eigenvalue weighted by atomic mass is 15.0. The van der Waals surface area contributed by atoms with Gasteiger partial charge >= 0.3 is 0 Å². The van der Waals surface area contributed by atoms with E-state index in [1.807, 2.05) is 6.07 Å². The molecule has 2 heteroatoms. The van der Waals surface area contributed by atoms with E-state index in [2.05, 4.69) is 78.1 Å². The Labute approximate surface area is 137 Å². The molecule has 4 rings (SSSR count). The highest BCUT2D eigenvalue weighted by Crippen LogP contribution is 2.42. The van der Waals surface area contributed by atoms with Gasteiger partial charge in [-0.25, -0.2) is 0 Å². The number of para-hydroxylation sites is 1. The van der Waals surface area contributed by atoms with Crippen LogP contribution in [-0.4, -0.2) is 0 Å². The molecule has 1 aliphatic heterocycles. The van der Waals surface area contributed by atoms with Crippen LogP contribution in [0.15, 0.2) is 78.9 Å². The zero-order valence-electron chi connectivity index (χ0n) is 12.9. The highest BCUT2D eigenvalue weighted by Gasteiger charge is 2.26. The van der Waals surface area contributed by atoms with Crippen molar-refractivity contribution in [3.63, 3.8) is 0 Å². The van der Waals surface area contributed by atoms with Crippen molar-refractivity contribution in [3.8, 4) is 11.1 Å². The van der Waals surface area contributed by atoms with Crippen LogP contribution in [0.3, 0.4) is 0 Å². The maximum atomic E-state index is 6.48. The number of fused-ring (bicyclic) bond motifs is 1. The van der Waals surface area contributed by atoms with Crippen molar-refractivity contribution in [3.05, 3.63) is 90.0 Å². The lowest BCUT2D eigenvalue weighted by molar-refractivity contribution is 0.561. The molecule has 2 atom stereocenters. The Hall–Kier alpha value is -2.58. The standard InChI is InChI=1S/C21H20N2/c22-19-14-20(16-10-5-2-6-11-16)23-21-17(12-7-13-18(19)21)15-8-3-1-4-9-15/h1-13,19-20,23H,14,22H2. The summed E-state index contributed by atoms with van der Waals surface area (Å²) in [5, 5.41) is 3.73. The molecular formula is C21H20N2. The van der Waals surface area contributed by atoms with Gasteiger partial charge in [0.1, 0.15) is 0 Å². The van der Waals surface area contributed by atoms with Crippen LogP contribution in [-0.2, 0) is 0 Å². The van der Waals surface area contributed by atoms with Crippen LogP contribution in [0.1, 0.15) is 29.6 Å². The number of nitrogens with one attached hydrogen (secondary N) is 1. The van der Waals surface area contributed by atoms with Crippen LogP contribution < -0.4 is 11.1 Å². The number of benzene rings is 3. The van der Waals surface area contributed by atoms with Gasteiger partial charge in [0.2, 0.25) is 0 Å². The van der Waals surface area contributed by atoms with Gasteiger partial charge in [-0.1, -0.05) is 78.9 Å². The van der Waals surface area contributed by atoms with Crippen LogP contribution in [0.2, 0.25) is 0 Å². The van der Waals surface area contributed by atoms with Crippen molar-refractivity contribution in [1.29, 1.82) is 0 Å². The molecule has 1 aliphatic rings. The molecule has 0 spiro atoms. The minimum Gasteiger partial charge on any atom is -0.377 e. The Kier molecular flexibility index (Phi) is 3.60. The minimum absolute atomic E-state index is 0.0557. The summed E-state index contributed by atoms with van der Waals surface area (Å²) in [6.07, 6.45) is 0.912. The predicted octanol–water partition coefficient (Wildman–Crippen LogP) is 4.91. The second kappa shape index (κ2) is 5.90. The lowest BCUT2D eigenvalue weighted by atomic mass is 9.87. The van der Waals surface area contributed by atoms with E-state index in [1.54, 1.807) is 0 Å². The van der Waals surface area contributed by atoms with Gasteiger partial charge < -0.3 is 11.1 Å². The number of nitrogens with two attached hydrogens (primary N) is 1. The average molecular weight is 300 g/mol. The first-order chi connectivity index (χ1) is 11.3. The smallest absolute Gasteiger partial charge is 0.0532 e. The maximum Gasteiger partial charge on any atom is 0.0532 e. The molecule has 0 saturated carbocycles. The van der Waals surface area contributed by atoms with Crippen LogP contribution in [0.4, 0.5) is 5.69 Å². The fraction of sp³-hybridized carbons (Fsp3) is 0.143. The molecule has 0 fully saturated rings. The van der Waals surface area contributed by atoms with E-state index in [4.69, 9.17) is 5.73 Å².